The zero-order chi connectivity index (χ0) is 15.6. The van der Waals surface area contributed by atoms with E-state index in [1.165, 1.54) is 5.56 Å². The first kappa shape index (κ1) is 13.8. The van der Waals surface area contributed by atoms with Gasteiger partial charge in [0.15, 0.2) is 0 Å². The molecule has 1 aliphatic heterocycles. The number of hydrogen-bond acceptors (Lipinski definition) is 3. The molecule has 0 atom stereocenters. The third kappa shape index (κ3) is 2.75. The summed E-state index contributed by atoms with van der Waals surface area (Å²) in [6, 6.07) is 20.1. The maximum atomic E-state index is 12.2. The van der Waals surface area contributed by atoms with E-state index < -0.39 is 0 Å². The van der Waals surface area contributed by atoms with E-state index in [2.05, 4.69) is 23.2 Å². The number of hydrogen-bond donors (Lipinski definition) is 0. The molecule has 0 spiro atoms. The van der Waals surface area contributed by atoms with Crippen LogP contribution in [0.15, 0.2) is 60.7 Å². The second kappa shape index (κ2) is 5.72. The van der Waals surface area contributed by atoms with Crippen LogP contribution in [-0.4, -0.2) is 22.5 Å². The Balaban J connectivity index is 1.56. The van der Waals surface area contributed by atoms with Crippen molar-refractivity contribution in [3.63, 3.8) is 0 Å². The lowest BCUT2D eigenvalue weighted by Crippen LogP contribution is -2.38. The lowest BCUT2D eigenvalue weighted by atomic mass is 10.1. The molecule has 114 valence electrons. The number of fused-ring (bicyclic) bond motifs is 2. The van der Waals surface area contributed by atoms with Gasteiger partial charge in [-0.2, -0.15) is 0 Å². The molecule has 0 radical (unpaired) electrons. The first-order chi connectivity index (χ1) is 11.3. The van der Waals surface area contributed by atoms with Crippen LogP contribution in [0, 0.1) is 0 Å². The molecule has 1 aromatic heterocycles. The number of para-hydroxylation sites is 1. The summed E-state index contributed by atoms with van der Waals surface area (Å²) in [7, 11) is 0. The highest BCUT2D eigenvalue weighted by Gasteiger charge is 2.26. The highest BCUT2D eigenvalue weighted by molar-refractivity contribution is 5.82. The van der Waals surface area contributed by atoms with E-state index in [-0.39, 0.29) is 6.09 Å². The minimum Gasteiger partial charge on any atom is -0.391 e. The summed E-state index contributed by atoms with van der Waals surface area (Å²) in [6.45, 7) is 1.17. The number of rotatable bonds is 3. The predicted molar refractivity (Wildman–Crippen MR) is 88.3 cm³/mol. The van der Waals surface area contributed by atoms with E-state index in [1.807, 2.05) is 42.5 Å². The number of carbonyl (C=O) groups excluding carboxylic acids is 1. The number of ether oxygens (including phenoxy) is 1. The van der Waals surface area contributed by atoms with Crippen LogP contribution >= 0.6 is 0 Å². The van der Waals surface area contributed by atoms with Gasteiger partial charge in [0.25, 0.3) is 0 Å². The van der Waals surface area contributed by atoms with Crippen molar-refractivity contribution >= 4 is 17.0 Å². The van der Waals surface area contributed by atoms with Crippen molar-refractivity contribution in [2.24, 2.45) is 0 Å². The zero-order valence-electron chi connectivity index (χ0n) is 12.6. The maximum Gasteiger partial charge on any atom is 0.416 e. The SMILES string of the molecule is O=C1Oc2nc3ccccc3cc2CN1CCc1ccccc1. The minimum atomic E-state index is -0.323. The summed E-state index contributed by atoms with van der Waals surface area (Å²) in [5.74, 6) is 0.435. The van der Waals surface area contributed by atoms with Crippen LogP contribution in [0.5, 0.6) is 5.88 Å². The monoisotopic (exact) mass is 304 g/mol. The summed E-state index contributed by atoms with van der Waals surface area (Å²) in [4.78, 5) is 18.4. The summed E-state index contributed by atoms with van der Waals surface area (Å²) >= 11 is 0. The summed E-state index contributed by atoms with van der Waals surface area (Å²) < 4.78 is 5.42. The van der Waals surface area contributed by atoms with Crippen molar-refractivity contribution in [3.05, 3.63) is 71.8 Å². The van der Waals surface area contributed by atoms with Crippen molar-refractivity contribution in [1.29, 1.82) is 0 Å². The van der Waals surface area contributed by atoms with Gasteiger partial charge in [-0.1, -0.05) is 48.5 Å². The molecular formula is C19H16N2O2. The Kier molecular flexibility index (Phi) is 3.42. The molecule has 4 rings (SSSR count). The molecule has 0 N–H and O–H groups in total. The molecule has 3 aromatic rings. The van der Waals surface area contributed by atoms with E-state index in [0.29, 0.717) is 19.0 Å². The van der Waals surface area contributed by atoms with Gasteiger partial charge >= 0.3 is 6.09 Å². The van der Waals surface area contributed by atoms with E-state index >= 15 is 0 Å². The number of aromatic nitrogens is 1. The number of carbonyl (C=O) groups is 1. The average Bonchev–Trinajstić information content (AvgIpc) is 2.59. The van der Waals surface area contributed by atoms with E-state index in [0.717, 1.165) is 22.9 Å². The van der Waals surface area contributed by atoms with Gasteiger partial charge in [0, 0.05) is 17.5 Å². The molecule has 2 aromatic carbocycles. The van der Waals surface area contributed by atoms with Crippen molar-refractivity contribution < 1.29 is 9.53 Å². The fraction of sp³-hybridized carbons (Fsp3) is 0.158. The predicted octanol–water partition coefficient (Wildman–Crippen LogP) is 3.79. The number of amides is 1. The van der Waals surface area contributed by atoms with Gasteiger partial charge in [0.2, 0.25) is 5.88 Å². The normalized spacial score (nSPS) is 13.7. The van der Waals surface area contributed by atoms with Crippen LogP contribution in [-0.2, 0) is 13.0 Å². The topological polar surface area (TPSA) is 42.4 Å². The lowest BCUT2D eigenvalue weighted by Gasteiger charge is -2.27. The molecular weight excluding hydrogens is 288 g/mol. The lowest BCUT2D eigenvalue weighted by molar-refractivity contribution is 0.137. The van der Waals surface area contributed by atoms with Crippen molar-refractivity contribution in [2.75, 3.05) is 6.54 Å². The van der Waals surface area contributed by atoms with Gasteiger partial charge in [0.1, 0.15) is 0 Å². The number of benzene rings is 2. The van der Waals surface area contributed by atoms with Crippen molar-refractivity contribution in [1.82, 2.24) is 9.88 Å². The van der Waals surface area contributed by atoms with Gasteiger partial charge in [-0.15, -0.1) is 0 Å². The molecule has 0 saturated carbocycles. The van der Waals surface area contributed by atoms with Crippen molar-refractivity contribution in [3.8, 4) is 5.88 Å². The maximum absolute atomic E-state index is 12.2. The van der Waals surface area contributed by atoms with Crippen LogP contribution in [0.2, 0.25) is 0 Å². The molecule has 1 aliphatic rings. The van der Waals surface area contributed by atoms with Crippen LogP contribution in [0.25, 0.3) is 10.9 Å². The smallest absolute Gasteiger partial charge is 0.391 e. The van der Waals surface area contributed by atoms with E-state index in [4.69, 9.17) is 4.74 Å². The van der Waals surface area contributed by atoms with E-state index in [9.17, 15) is 4.79 Å². The highest BCUT2D eigenvalue weighted by Crippen LogP contribution is 2.27. The Hall–Kier alpha value is -2.88. The Bertz CT molecular complexity index is 862. The molecule has 0 unspecified atom stereocenters. The molecule has 4 nitrogen and oxygen atoms in total. The number of nitrogens with zero attached hydrogens (tertiary/aromatic N) is 2. The second-order valence-electron chi connectivity index (χ2n) is 5.67. The first-order valence-corrected chi connectivity index (χ1v) is 7.69. The Morgan fingerprint density at radius 1 is 1.04 bits per heavy atom. The largest absolute Gasteiger partial charge is 0.416 e. The molecule has 2 heterocycles. The Morgan fingerprint density at radius 3 is 2.70 bits per heavy atom. The molecule has 1 amide bonds. The molecule has 23 heavy (non-hydrogen) atoms. The second-order valence-corrected chi connectivity index (χ2v) is 5.67. The third-order valence-corrected chi connectivity index (χ3v) is 4.08. The number of pyridine rings is 1. The van der Waals surface area contributed by atoms with Crippen LogP contribution in [0.1, 0.15) is 11.1 Å². The van der Waals surface area contributed by atoms with E-state index in [1.54, 1.807) is 4.90 Å². The van der Waals surface area contributed by atoms with Crippen molar-refractivity contribution in [2.45, 2.75) is 13.0 Å². The van der Waals surface area contributed by atoms with Gasteiger partial charge in [0.05, 0.1) is 12.1 Å². The summed E-state index contributed by atoms with van der Waals surface area (Å²) in [5.41, 5.74) is 3.01. The average molecular weight is 304 g/mol. The van der Waals surface area contributed by atoms with Gasteiger partial charge < -0.3 is 9.64 Å². The quantitative estimate of drug-likeness (QED) is 0.739. The third-order valence-electron chi connectivity index (χ3n) is 4.08. The first-order valence-electron chi connectivity index (χ1n) is 7.69. The molecule has 0 bridgehead atoms. The highest BCUT2D eigenvalue weighted by atomic mass is 16.6. The standard InChI is InChI=1S/C19H16N2O2/c22-19-21(11-10-14-6-2-1-3-7-14)13-16-12-15-8-4-5-9-17(15)20-18(16)23-19/h1-9,12H,10-11,13H2. The van der Waals surface area contributed by atoms with Gasteiger partial charge in [-0.25, -0.2) is 9.78 Å². The molecule has 4 heteroatoms. The summed E-state index contributed by atoms with van der Waals surface area (Å²) in [5, 5.41) is 1.06. The van der Waals surface area contributed by atoms with Crippen LogP contribution in [0.3, 0.4) is 0 Å². The van der Waals surface area contributed by atoms with Gasteiger partial charge in [-0.3, -0.25) is 0 Å². The Morgan fingerprint density at radius 2 is 1.83 bits per heavy atom. The van der Waals surface area contributed by atoms with Crippen LogP contribution in [0.4, 0.5) is 4.79 Å². The van der Waals surface area contributed by atoms with Gasteiger partial charge in [-0.05, 0) is 24.1 Å². The fourth-order valence-electron chi connectivity index (χ4n) is 2.84. The molecule has 0 fully saturated rings. The minimum absolute atomic E-state index is 0.323. The molecule has 0 aliphatic carbocycles. The fourth-order valence-corrected chi connectivity index (χ4v) is 2.84. The van der Waals surface area contributed by atoms with Crippen LogP contribution < -0.4 is 4.74 Å². The zero-order valence-corrected chi connectivity index (χ0v) is 12.6. The Labute approximate surface area is 134 Å². The molecule has 0 saturated heterocycles. The summed E-state index contributed by atoms with van der Waals surface area (Å²) in [6.07, 6.45) is 0.489.